The number of benzene rings is 3. The van der Waals surface area contributed by atoms with Crippen LogP contribution >= 0.6 is 0 Å². The van der Waals surface area contributed by atoms with Gasteiger partial charge in [-0.1, -0.05) is 48.5 Å². The Kier molecular flexibility index (Phi) is 6.30. The molecule has 3 aromatic rings. The number of ether oxygens (including phenoxy) is 1. The number of nitrogens with zero attached hydrogens (tertiary/aromatic N) is 2. The maximum Gasteiger partial charge on any atom is 0.238 e. The van der Waals surface area contributed by atoms with Crippen LogP contribution < -0.4 is 15.0 Å². The van der Waals surface area contributed by atoms with Crippen molar-refractivity contribution >= 4 is 17.3 Å². The van der Waals surface area contributed by atoms with Gasteiger partial charge in [-0.25, -0.2) is 0 Å². The zero-order valence-electron chi connectivity index (χ0n) is 17.3. The Bertz CT molecular complexity index is 965. The van der Waals surface area contributed by atoms with Gasteiger partial charge in [0, 0.05) is 43.1 Å². The first-order valence-electron chi connectivity index (χ1n) is 10.3. The Hall–Kier alpha value is -3.31. The number of para-hydroxylation sites is 1. The molecule has 1 saturated heterocycles. The third kappa shape index (κ3) is 4.81. The molecule has 30 heavy (non-hydrogen) atoms. The largest absolute Gasteiger partial charge is 0.497 e. The lowest BCUT2D eigenvalue weighted by molar-refractivity contribution is -0.117. The van der Waals surface area contributed by atoms with Crippen molar-refractivity contribution in [3.63, 3.8) is 0 Å². The minimum absolute atomic E-state index is 0.0243. The first-order valence-corrected chi connectivity index (χ1v) is 10.3. The molecule has 0 saturated carbocycles. The average molecular weight is 402 g/mol. The SMILES string of the molecule is COc1ccc(N2CCN(CC(=O)Nc3ccccc3-c3ccccc3)CC2)cc1. The van der Waals surface area contributed by atoms with Crippen LogP contribution in [0.4, 0.5) is 11.4 Å². The van der Waals surface area contributed by atoms with E-state index in [2.05, 4.69) is 39.4 Å². The van der Waals surface area contributed by atoms with Crippen molar-refractivity contribution in [2.24, 2.45) is 0 Å². The molecule has 4 rings (SSSR count). The van der Waals surface area contributed by atoms with Crippen molar-refractivity contribution in [1.29, 1.82) is 0 Å². The van der Waals surface area contributed by atoms with E-state index >= 15 is 0 Å². The molecule has 1 aliphatic heterocycles. The van der Waals surface area contributed by atoms with Gasteiger partial charge in [-0.15, -0.1) is 0 Å². The molecule has 1 amide bonds. The van der Waals surface area contributed by atoms with Crippen molar-refractivity contribution in [1.82, 2.24) is 4.90 Å². The maximum atomic E-state index is 12.7. The molecule has 5 nitrogen and oxygen atoms in total. The molecule has 154 valence electrons. The number of hydrogen-bond acceptors (Lipinski definition) is 4. The highest BCUT2D eigenvalue weighted by Crippen LogP contribution is 2.27. The summed E-state index contributed by atoms with van der Waals surface area (Å²) in [5, 5.41) is 3.10. The fourth-order valence-electron chi connectivity index (χ4n) is 3.81. The lowest BCUT2D eigenvalue weighted by Crippen LogP contribution is -2.48. The topological polar surface area (TPSA) is 44.8 Å². The summed E-state index contributed by atoms with van der Waals surface area (Å²) in [6.07, 6.45) is 0. The summed E-state index contributed by atoms with van der Waals surface area (Å²) in [4.78, 5) is 17.3. The molecule has 0 atom stereocenters. The lowest BCUT2D eigenvalue weighted by Gasteiger charge is -2.35. The predicted molar refractivity (Wildman–Crippen MR) is 122 cm³/mol. The first-order chi connectivity index (χ1) is 14.7. The van der Waals surface area contributed by atoms with Gasteiger partial charge in [0.2, 0.25) is 5.91 Å². The second-order valence-electron chi connectivity index (χ2n) is 7.42. The van der Waals surface area contributed by atoms with Gasteiger partial charge in [-0.2, -0.15) is 0 Å². The van der Waals surface area contributed by atoms with Crippen molar-refractivity contribution < 1.29 is 9.53 Å². The predicted octanol–water partition coefficient (Wildman–Crippen LogP) is 4.12. The van der Waals surface area contributed by atoms with Crippen molar-refractivity contribution in [2.75, 3.05) is 50.1 Å². The van der Waals surface area contributed by atoms with Gasteiger partial charge in [-0.05, 0) is 35.9 Å². The van der Waals surface area contributed by atoms with Crippen molar-refractivity contribution in [3.05, 3.63) is 78.9 Å². The van der Waals surface area contributed by atoms with Crippen LogP contribution in [0, 0.1) is 0 Å². The Labute approximate surface area is 177 Å². The van der Waals surface area contributed by atoms with Gasteiger partial charge in [0.1, 0.15) is 5.75 Å². The van der Waals surface area contributed by atoms with Gasteiger partial charge < -0.3 is 15.0 Å². The Morgan fingerprint density at radius 3 is 2.23 bits per heavy atom. The molecular formula is C25H27N3O2. The van der Waals surface area contributed by atoms with Gasteiger partial charge in [-0.3, -0.25) is 9.69 Å². The molecule has 1 aliphatic rings. The van der Waals surface area contributed by atoms with Crippen LogP contribution in [0.3, 0.4) is 0 Å². The van der Waals surface area contributed by atoms with E-state index < -0.39 is 0 Å². The molecule has 5 heteroatoms. The number of methoxy groups -OCH3 is 1. The van der Waals surface area contributed by atoms with Crippen LogP contribution in [0.1, 0.15) is 0 Å². The number of piperazine rings is 1. The lowest BCUT2D eigenvalue weighted by atomic mass is 10.0. The number of rotatable bonds is 6. The minimum Gasteiger partial charge on any atom is -0.497 e. The number of amides is 1. The third-order valence-corrected chi connectivity index (χ3v) is 5.46. The maximum absolute atomic E-state index is 12.7. The molecule has 1 N–H and O–H groups in total. The first kappa shape index (κ1) is 20.0. The molecular weight excluding hydrogens is 374 g/mol. The summed E-state index contributed by atoms with van der Waals surface area (Å²) in [7, 11) is 1.68. The van der Waals surface area contributed by atoms with Crippen LogP contribution in [-0.4, -0.2) is 50.6 Å². The van der Waals surface area contributed by atoms with Crippen molar-refractivity contribution in [2.45, 2.75) is 0 Å². The number of hydrogen-bond donors (Lipinski definition) is 1. The monoisotopic (exact) mass is 401 g/mol. The third-order valence-electron chi connectivity index (χ3n) is 5.46. The summed E-state index contributed by atoms with van der Waals surface area (Å²) >= 11 is 0. The molecule has 0 spiro atoms. The highest BCUT2D eigenvalue weighted by atomic mass is 16.5. The molecule has 1 fully saturated rings. The quantitative estimate of drug-likeness (QED) is 0.675. The summed E-state index contributed by atoms with van der Waals surface area (Å²) in [6.45, 7) is 3.93. The summed E-state index contributed by atoms with van der Waals surface area (Å²) in [5.74, 6) is 0.890. The van der Waals surface area contributed by atoms with Crippen LogP contribution in [0.5, 0.6) is 5.75 Å². The van der Waals surface area contributed by atoms with Gasteiger partial charge in [0.05, 0.1) is 13.7 Å². The Balaban J connectivity index is 1.33. The summed E-state index contributed by atoms with van der Waals surface area (Å²) in [5.41, 5.74) is 4.18. The summed E-state index contributed by atoms with van der Waals surface area (Å²) in [6, 6.07) is 26.2. The molecule has 0 unspecified atom stereocenters. The zero-order valence-corrected chi connectivity index (χ0v) is 17.3. The van der Waals surface area contributed by atoms with Crippen LogP contribution in [0.2, 0.25) is 0 Å². The normalized spacial score (nSPS) is 14.4. The van der Waals surface area contributed by atoms with Gasteiger partial charge in [0.15, 0.2) is 0 Å². The fourth-order valence-corrected chi connectivity index (χ4v) is 3.81. The summed E-state index contributed by atoms with van der Waals surface area (Å²) < 4.78 is 5.23. The van der Waals surface area contributed by atoms with Gasteiger partial charge in [0.25, 0.3) is 0 Å². The van der Waals surface area contributed by atoms with E-state index in [9.17, 15) is 4.79 Å². The zero-order chi connectivity index (χ0) is 20.8. The Morgan fingerprint density at radius 1 is 0.867 bits per heavy atom. The second kappa shape index (κ2) is 9.46. The van der Waals surface area contributed by atoms with E-state index in [1.54, 1.807) is 7.11 Å². The number of nitrogens with one attached hydrogen (secondary N) is 1. The highest BCUT2D eigenvalue weighted by Gasteiger charge is 2.19. The van der Waals surface area contributed by atoms with E-state index in [0.29, 0.717) is 6.54 Å². The Morgan fingerprint density at radius 2 is 1.53 bits per heavy atom. The number of carbonyl (C=O) groups excluding carboxylic acids is 1. The molecule has 0 aliphatic carbocycles. The van der Waals surface area contributed by atoms with E-state index in [0.717, 1.165) is 48.7 Å². The molecule has 0 aromatic heterocycles. The number of anilines is 2. The molecule has 3 aromatic carbocycles. The number of carbonyl (C=O) groups is 1. The second-order valence-corrected chi connectivity index (χ2v) is 7.42. The van der Waals surface area contributed by atoms with Gasteiger partial charge >= 0.3 is 0 Å². The minimum atomic E-state index is 0.0243. The van der Waals surface area contributed by atoms with Crippen LogP contribution in [-0.2, 0) is 4.79 Å². The van der Waals surface area contributed by atoms with E-state index in [1.807, 2.05) is 54.6 Å². The molecule has 0 bridgehead atoms. The van der Waals surface area contributed by atoms with E-state index in [1.165, 1.54) is 5.69 Å². The van der Waals surface area contributed by atoms with Crippen LogP contribution in [0.15, 0.2) is 78.9 Å². The van der Waals surface area contributed by atoms with E-state index in [4.69, 9.17) is 4.74 Å². The standard InChI is InChI=1S/C25H27N3O2/c1-30-22-13-11-21(12-14-22)28-17-15-27(16-18-28)19-25(29)26-24-10-6-5-9-23(24)20-7-3-2-4-8-20/h2-14H,15-19H2,1H3,(H,26,29). The van der Waals surface area contributed by atoms with E-state index in [-0.39, 0.29) is 5.91 Å². The molecule has 0 radical (unpaired) electrons. The smallest absolute Gasteiger partial charge is 0.238 e. The van der Waals surface area contributed by atoms with Crippen LogP contribution in [0.25, 0.3) is 11.1 Å². The average Bonchev–Trinajstić information content (AvgIpc) is 2.80. The van der Waals surface area contributed by atoms with Crippen molar-refractivity contribution in [3.8, 4) is 16.9 Å². The molecule has 1 heterocycles. The fraction of sp³-hybridized carbons (Fsp3) is 0.240. The highest BCUT2D eigenvalue weighted by molar-refractivity contribution is 5.96.